The van der Waals surface area contributed by atoms with Crippen molar-refractivity contribution in [2.24, 2.45) is 0 Å². The number of aliphatic hydroxyl groups is 1. The van der Waals surface area contributed by atoms with Gasteiger partial charge in [-0.15, -0.1) is 0 Å². The summed E-state index contributed by atoms with van der Waals surface area (Å²) in [6.45, 7) is 4.27. The summed E-state index contributed by atoms with van der Waals surface area (Å²) in [5, 5.41) is 9.07. The van der Waals surface area contributed by atoms with Crippen LogP contribution in [-0.2, 0) is 10.1 Å². The standard InChI is InChI=1S/C19H40O4S.K/c1-3-5-7-8-12-16-19(24(21,22)23)17-13-10-9-11-15-18(20)14-6-4-2;/h18-20H,3-17H2,1-2H3,(H,21,22,23);/q;+1/p-1. The average Bonchev–Trinajstić information content (AvgIpc) is 2.52. The molecule has 0 heterocycles. The summed E-state index contributed by atoms with van der Waals surface area (Å²) in [6, 6.07) is 0. The summed E-state index contributed by atoms with van der Waals surface area (Å²) < 4.78 is 34.1. The predicted molar refractivity (Wildman–Crippen MR) is 100 cm³/mol. The van der Waals surface area contributed by atoms with Crippen molar-refractivity contribution in [1.82, 2.24) is 0 Å². The number of hydrogen-bond acceptors (Lipinski definition) is 4. The molecule has 0 amide bonds. The molecule has 0 spiro atoms. The van der Waals surface area contributed by atoms with Crippen LogP contribution in [0.5, 0.6) is 0 Å². The predicted octanol–water partition coefficient (Wildman–Crippen LogP) is 2.16. The molecule has 0 saturated heterocycles. The van der Waals surface area contributed by atoms with Crippen LogP contribution in [0.3, 0.4) is 0 Å². The van der Waals surface area contributed by atoms with Crippen LogP contribution in [-0.4, -0.2) is 29.4 Å². The Bertz CT molecular complexity index is 374. The Morgan fingerprint density at radius 1 is 0.720 bits per heavy atom. The van der Waals surface area contributed by atoms with Crippen molar-refractivity contribution in [2.45, 2.75) is 122 Å². The average molecular weight is 403 g/mol. The normalized spacial score (nSPS) is 14.1. The van der Waals surface area contributed by atoms with Crippen LogP contribution in [0.2, 0.25) is 0 Å². The van der Waals surface area contributed by atoms with Crippen molar-refractivity contribution in [3.05, 3.63) is 0 Å². The summed E-state index contributed by atoms with van der Waals surface area (Å²) in [7, 11) is -4.16. The van der Waals surface area contributed by atoms with E-state index >= 15 is 0 Å². The Labute approximate surface area is 199 Å². The van der Waals surface area contributed by atoms with Gasteiger partial charge in [-0.2, -0.15) is 0 Å². The van der Waals surface area contributed by atoms with Crippen molar-refractivity contribution in [3.63, 3.8) is 0 Å². The third-order valence-electron chi connectivity index (χ3n) is 4.74. The van der Waals surface area contributed by atoms with Crippen LogP contribution in [0.1, 0.15) is 110 Å². The molecule has 0 aromatic heterocycles. The van der Waals surface area contributed by atoms with Gasteiger partial charge in [-0.1, -0.05) is 84.5 Å². The maximum absolute atomic E-state index is 11.4. The van der Waals surface area contributed by atoms with Gasteiger partial charge in [0.05, 0.1) is 16.2 Å². The molecule has 6 heteroatoms. The van der Waals surface area contributed by atoms with Gasteiger partial charge in [-0.3, -0.25) is 0 Å². The second-order valence-electron chi connectivity index (χ2n) is 7.11. The Hall–Kier alpha value is 1.51. The maximum atomic E-state index is 11.4. The van der Waals surface area contributed by atoms with E-state index < -0.39 is 15.4 Å². The molecule has 0 aliphatic rings. The molecule has 0 bridgehead atoms. The Balaban J connectivity index is 0. The van der Waals surface area contributed by atoms with E-state index in [4.69, 9.17) is 0 Å². The van der Waals surface area contributed by atoms with E-state index in [2.05, 4.69) is 13.8 Å². The zero-order chi connectivity index (χ0) is 18.3. The SMILES string of the molecule is CCCCCCCC(CCCCCCC(O)CCCC)S(=O)(=O)[O-].[K+]. The monoisotopic (exact) mass is 402 g/mol. The minimum atomic E-state index is -4.16. The molecule has 0 aromatic carbocycles. The molecule has 25 heavy (non-hydrogen) atoms. The van der Waals surface area contributed by atoms with Gasteiger partial charge in [0.15, 0.2) is 0 Å². The first-order chi connectivity index (χ1) is 11.4. The van der Waals surface area contributed by atoms with E-state index in [0.29, 0.717) is 12.8 Å². The first kappa shape index (κ1) is 28.7. The van der Waals surface area contributed by atoms with E-state index in [1.54, 1.807) is 0 Å². The third-order valence-corrected chi connectivity index (χ3v) is 6.03. The van der Waals surface area contributed by atoms with Crippen molar-refractivity contribution >= 4 is 10.1 Å². The molecule has 2 atom stereocenters. The largest absolute Gasteiger partial charge is 1.00 e. The van der Waals surface area contributed by atoms with Crippen LogP contribution in [0.25, 0.3) is 0 Å². The molecule has 146 valence electrons. The molecule has 4 nitrogen and oxygen atoms in total. The minimum Gasteiger partial charge on any atom is -0.748 e. The Morgan fingerprint density at radius 2 is 1.12 bits per heavy atom. The van der Waals surface area contributed by atoms with Crippen LogP contribution < -0.4 is 51.4 Å². The summed E-state index contributed by atoms with van der Waals surface area (Å²) in [5.74, 6) is 0. The third kappa shape index (κ3) is 18.6. The molecule has 0 radical (unpaired) electrons. The van der Waals surface area contributed by atoms with Gasteiger partial charge in [-0.05, 0) is 25.7 Å². The van der Waals surface area contributed by atoms with Crippen LogP contribution in [0.15, 0.2) is 0 Å². The van der Waals surface area contributed by atoms with Crippen LogP contribution in [0, 0.1) is 0 Å². The van der Waals surface area contributed by atoms with E-state index in [0.717, 1.165) is 77.0 Å². The summed E-state index contributed by atoms with van der Waals surface area (Å²) >= 11 is 0. The quantitative estimate of drug-likeness (QED) is 0.230. The van der Waals surface area contributed by atoms with Crippen LogP contribution >= 0.6 is 0 Å². The molecule has 0 fully saturated rings. The second kappa shape index (κ2) is 18.9. The fourth-order valence-corrected chi connectivity index (χ4v) is 4.01. The summed E-state index contributed by atoms with van der Waals surface area (Å²) in [6.07, 6.45) is 13.8. The van der Waals surface area contributed by atoms with Gasteiger partial charge >= 0.3 is 51.4 Å². The molecule has 0 aliphatic carbocycles. The van der Waals surface area contributed by atoms with Crippen molar-refractivity contribution in [2.75, 3.05) is 0 Å². The molecule has 2 unspecified atom stereocenters. The number of aliphatic hydroxyl groups excluding tert-OH is 1. The van der Waals surface area contributed by atoms with E-state index in [-0.39, 0.29) is 57.5 Å². The molecule has 0 aromatic rings. The molecule has 1 N–H and O–H groups in total. The molecule has 0 saturated carbocycles. The van der Waals surface area contributed by atoms with Gasteiger partial charge in [0, 0.05) is 5.25 Å². The molecule has 0 aliphatic heterocycles. The fraction of sp³-hybridized carbons (Fsp3) is 1.00. The minimum absolute atomic E-state index is 0. The number of rotatable bonds is 17. The zero-order valence-electron chi connectivity index (χ0n) is 16.8. The van der Waals surface area contributed by atoms with E-state index in [1.165, 1.54) is 6.42 Å². The van der Waals surface area contributed by atoms with Gasteiger partial charge in [0.1, 0.15) is 0 Å². The summed E-state index contributed by atoms with van der Waals surface area (Å²) in [5.41, 5.74) is 0. The first-order valence-electron chi connectivity index (χ1n) is 10.0. The molecular formula is C19H39KO4S. The number of unbranched alkanes of at least 4 members (excludes halogenated alkanes) is 8. The molecular weight excluding hydrogens is 363 g/mol. The first-order valence-corrected chi connectivity index (χ1v) is 11.5. The van der Waals surface area contributed by atoms with Gasteiger partial charge in [0.25, 0.3) is 0 Å². The van der Waals surface area contributed by atoms with Gasteiger partial charge in [-0.25, -0.2) is 8.42 Å². The maximum Gasteiger partial charge on any atom is 1.00 e. The van der Waals surface area contributed by atoms with Gasteiger partial charge in [0.2, 0.25) is 0 Å². The fourth-order valence-electron chi connectivity index (χ4n) is 3.10. The number of hydrogen-bond donors (Lipinski definition) is 1. The molecule has 0 rings (SSSR count). The smallest absolute Gasteiger partial charge is 0.748 e. The van der Waals surface area contributed by atoms with Crippen molar-refractivity contribution in [1.29, 1.82) is 0 Å². The van der Waals surface area contributed by atoms with Crippen molar-refractivity contribution < 1.29 is 69.5 Å². The van der Waals surface area contributed by atoms with E-state index in [1.807, 2.05) is 0 Å². The Morgan fingerprint density at radius 3 is 1.56 bits per heavy atom. The summed E-state index contributed by atoms with van der Waals surface area (Å²) in [4.78, 5) is 0. The zero-order valence-corrected chi connectivity index (χ0v) is 20.8. The van der Waals surface area contributed by atoms with Crippen LogP contribution in [0.4, 0.5) is 0 Å². The topological polar surface area (TPSA) is 77.4 Å². The Kier molecular flexibility index (Phi) is 21.7. The second-order valence-corrected chi connectivity index (χ2v) is 8.76. The van der Waals surface area contributed by atoms with E-state index in [9.17, 15) is 18.1 Å². The van der Waals surface area contributed by atoms with Gasteiger partial charge < -0.3 is 9.66 Å². The van der Waals surface area contributed by atoms with Crippen molar-refractivity contribution in [3.8, 4) is 0 Å².